The minimum absolute atomic E-state index is 0.464. The molecule has 3 nitrogen and oxygen atoms in total. The van der Waals surface area contributed by atoms with Crippen molar-refractivity contribution in [2.75, 3.05) is 7.11 Å². The van der Waals surface area contributed by atoms with Crippen LogP contribution in [-0.4, -0.2) is 18.3 Å². The summed E-state index contributed by atoms with van der Waals surface area (Å²) in [5.41, 5.74) is 6.48. The maximum Gasteiger partial charge on any atom is 0.120 e. The second-order valence-electron chi connectivity index (χ2n) is 3.15. The van der Waals surface area contributed by atoms with Gasteiger partial charge in [-0.2, -0.15) is 0 Å². The van der Waals surface area contributed by atoms with Gasteiger partial charge in [0.15, 0.2) is 0 Å². The van der Waals surface area contributed by atoms with E-state index in [1.54, 1.807) is 32.2 Å². The van der Waals surface area contributed by atoms with Gasteiger partial charge in [-0.25, -0.2) is 0 Å². The second-order valence-corrected chi connectivity index (χ2v) is 3.56. The molecule has 0 radical (unpaired) electrons. The van der Waals surface area contributed by atoms with Crippen molar-refractivity contribution in [1.82, 2.24) is 0 Å². The number of methoxy groups -OCH3 is 1. The van der Waals surface area contributed by atoms with E-state index >= 15 is 0 Å². The topological polar surface area (TPSA) is 55.5 Å². The van der Waals surface area contributed by atoms with Crippen molar-refractivity contribution in [3.8, 4) is 5.75 Å². The first-order chi connectivity index (χ1) is 6.56. The van der Waals surface area contributed by atoms with Crippen molar-refractivity contribution >= 4 is 11.6 Å². The molecule has 0 aliphatic heterocycles. The lowest BCUT2D eigenvalue weighted by atomic mass is 10.0. The van der Waals surface area contributed by atoms with E-state index in [1.165, 1.54) is 0 Å². The third kappa shape index (κ3) is 2.38. The average Bonchev–Trinajstić information content (AvgIpc) is 2.16. The van der Waals surface area contributed by atoms with Crippen LogP contribution < -0.4 is 10.5 Å². The second kappa shape index (κ2) is 4.64. The molecular formula is C10H14ClNO2. The first-order valence-corrected chi connectivity index (χ1v) is 4.71. The van der Waals surface area contributed by atoms with Gasteiger partial charge < -0.3 is 15.6 Å². The lowest BCUT2D eigenvalue weighted by Gasteiger charge is -2.16. The summed E-state index contributed by atoms with van der Waals surface area (Å²) in [6.45, 7) is 1.63. The third-order valence-electron chi connectivity index (χ3n) is 2.09. The highest BCUT2D eigenvalue weighted by Gasteiger charge is 2.15. The van der Waals surface area contributed by atoms with Crippen molar-refractivity contribution < 1.29 is 9.84 Å². The Morgan fingerprint density at radius 3 is 2.57 bits per heavy atom. The largest absolute Gasteiger partial charge is 0.497 e. The van der Waals surface area contributed by atoms with Crippen LogP contribution in [0.5, 0.6) is 5.75 Å². The van der Waals surface area contributed by atoms with Crippen molar-refractivity contribution in [2.24, 2.45) is 5.73 Å². The molecule has 0 unspecified atom stereocenters. The molecule has 0 aliphatic rings. The molecule has 4 heteroatoms. The van der Waals surface area contributed by atoms with E-state index < -0.39 is 12.1 Å². The maximum atomic E-state index is 9.31. The van der Waals surface area contributed by atoms with Crippen LogP contribution in [-0.2, 0) is 0 Å². The number of ether oxygens (including phenoxy) is 1. The fourth-order valence-electron chi connectivity index (χ4n) is 1.17. The molecule has 3 N–H and O–H groups in total. The molecule has 0 fully saturated rings. The van der Waals surface area contributed by atoms with E-state index in [1.807, 2.05) is 0 Å². The molecular weight excluding hydrogens is 202 g/mol. The quantitative estimate of drug-likeness (QED) is 0.808. The SMILES string of the molecule is COc1ccc([C@@H](N)[C@H](C)O)c(Cl)c1. The number of halogens is 1. The first-order valence-electron chi connectivity index (χ1n) is 4.33. The minimum Gasteiger partial charge on any atom is -0.497 e. The Bertz CT molecular complexity index is 315. The van der Waals surface area contributed by atoms with Crippen LogP contribution in [0.1, 0.15) is 18.5 Å². The normalized spacial score (nSPS) is 14.9. The molecule has 0 bridgehead atoms. The Morgan fingerprint density at radius 1 is 1.50 bits per heavy atom. The Kier molecular flexibility index (Phi) is 3.75. The monoisotopic (exact) mass is 215 g/mol. The Hall–Kier alpha value is -0.770. The number of hydrogen-bond acceptors (Lipinski definition) is 3. The van der Waals surface area contributed by atoms with Gasteiger partial charge in [0.1, 0.15) is 5.75 Å². The number of aliphatic hydroxyl groups excluding tert-OH is 1. The smallest absolute Gasteiger partial charge is 0.120 e. The number of aliphatic hydroxyl groups is 1. The molecule has 0 saturated carbocycles. The van der Waals surface area contributed by atoms with Crippen molar-refractivity contribution in [3.05, 3.63) is 28.8 Å². The number of benzene rings is 1. The summed E-state index contributed by atoms with van der Waals surface area (Å²) in [5, 5.41) is 9.82. The van der Waals surface area contributed by atoms with E-state index in [4.69, 9.17) is 22.1 Å². The summed E-state index contributed by atoms with van der Waals surface area (Å²) < 4.78 is 5.00. The van der Waals surface area contributed by atoms with Gasteiger partial charge in [-0.1, -0.05) is 17.7 Å². The number of rotatable bonds is 3. The van der Waals surface area contributed by atoms with Crippen LogP contribution >= 0.6 is 11.6 Å². The summed E-state index contributed by atoms with van der Waals surface area (Å²) in [4.78, 5) is 0. The van der Waals surface area contributed by atoms with Crippen LogP contribution in [0, 0.1) is 0 Å². The third-order valence-corrected chi connectivity index (χ3v) is 2.41. The molecule has 2 atom stereocenters. The van der Waals surface area contributed by atoms with Gasteiger partial charge in [0.05, 0.1) is 19.3 Å². The van der Waals surface area contributed by atoms with Crippen LogP contribution in [0.3, 0.4) is 0 Å². The predicted molar refractivity (Wildman–Crippen MR) is 56.6 cm³/mol. The summed E-state index contributed by atoms with van der Waals surface area (Å²) in [6, 6.07) is 4.75. The number of nitrogens with two attached hydrogens (primary N) is 1. The molecule has 0 spiro atoms. The van der Waals surface area contributed by atoms with Gasteiger partial charge in [-0.3, -0.25) is 0 Å². The standard InChI is InChI=1S/C10H14ClNO2/c1-6(13)10(12)8-4-3-7(14-2)5-9(8)11/h3-6,10,13H,12H2,1-2H3/t6-,10-/m0/s1. The number of hydrogen-bond donors (Lipinski definition) is 2. The van der Waals surface area contributed by atoms with Crippen LogP contribution in [0.2, 0.25) is 5.02 Å². The van der Waals surface area contributed by atoms with Gasteiger partial charge in [0, 0.05) is 5.02 Å². The van der Waals surface area contributed by atoms with E-state index in [0.29, 0.717) is 10.8 Å². The van der Waals surface area contributed by atoms with Crippen LogP contribution in [0.4, 0.5) is 0 Å². The summed E-state index contributed by atoms with van der Waals surface area (Å²) in [7, 11) is 1.57. The van der Waals surface area contributed by atoms with Gasteiger partial charge in [-0.05, 0) is 24.6 Å². The first kappa shape index (κ1) is 11.3. The highest BCUT2D eigenvalue weighted by molar-refractivity contribution is 6.31. The van der Waals surface area contributed by atoms with E-state index in [0.717, 1.165) is 5.56 Å². The van der Waals surface area contributed by atoms with Crippen molar-refractivity contribution in [2.45, 2.75) is 19.1 Å². The van der Waals surface area contributed by atoms with Gasteiger partial charge in [0.2, 0.25) is 0 Å². The summed E-state index contributed by atoms with van der Waals surface area (Å²) in [6.07, 6.45) is -0.624. The Balaban J connectivity index is 2.99. The maximum absolute atomic E-state index is 9.31. The fraction of sp³-hybridized carbons (Fsp3) is 0.400. The highest BCUT2D eigenvalue weighted by Crippen LogP contribution is 2.27. The highest BCUT2D eigenvalue weighted by atomic mass is 35.5. The van der Waals surface area contributed by atoms with Gasteiger partial charge in [-0.15, -0.1) is 0 Å². The zero-order chi connectivity index (χ0) is 10.7. The molecule has 0 amide bonds. The zero-order valence-electron chi connectivity index (χ0n) is 8.20. The molecule has 78 valence electrons. The van der Waals surface area contributed by atoms with E-state index in [2.05, 4.69) is 0 Å². The van der Waals surface area contributed by atoms with E-state index in [9.17, 15) is 5.11 Å². The minimum atomic E-state index is -0.624. The zero-order valence-corrected chi connectivity index (χ0v) is 8.95. The summed E-state index contributed by atoms with van der Waals surface area (Å²) >= 11 is 5.98. The molecule has 0 saturated heterocycles. The molecule has 0 aromatic heterocycles. The van der Waals surface area contributed by atoms with Crippen LogP contribution in [0.15, 0.2) is 18.2 Å². The van der Waals surface area contributed by atoms with E-state index in [-0.39, 0.29) is 0 Å². The van der Waals surface area contributed by atoms with Crippen molar-refractivity contribution in [1.29, 1.82) is 0 Å². The summed E-state index contributed by atoms with van der Waals surface area (Å²) in [5.74, 6) is 0.677. The molecule has 14 heavy (non-hydrogen) atoms. The fourth-order valence-corrected chi connectivity index (χ4v) is 1.46. The lowest BCUT2D eigenvalue weighted by molar-refractivity contribution is 0.164. The Morgan fingerprint density at radius 2 is 2.14 bits per heavy atom. The Labute approximate surface area is 88.4 Å². The lowest BCUT2D eigenvalue weighted by Crippen LogP contribution is -2.23. The predicted octanol–water partition coefficient (Wildman–Crippen LogP) is 1.73. The van der Waals surface area contributed by atoms with Gasteiger partial charge >= 0.3 is 0 Å². The molecule has 1 aromatic rings. The van der Waals surface area contributed by atoms with Crippen LogP contribution in [0.25, 0.3) is 0 Å². The van der Waals surface area contributed by atoms with Crippen molar-refractivity contribution in [3.63, 3.8) is 0 Å². The molecule has 1 aromatic carbocycles. The van der Waals surface area contributed by atoms with Gasteiger partial charge in [0.25, 0.3) is 0 Å². The molecule has 0 heterocycles. The molecule has 1 rings (SSSR count). The molecule has 0 aliphatic carbocycles. The average molecular weight is 216 g/mol.